The molecule has 4 heteroatoms. The zero-order chi connectivity index (χ0) is 9.40. The molecule has 0 radical (unpaired) electrons. The molecule has 1 N–H and O–H groups in total. The number of esters is 1. The SMILES string of the molecule is CCCCOC(=O)C(C)NC=O. The Kier molecular flexibility index (Phi) is 6.05. The molecule has 1 atom stereocenters. The Bertz CT molecular complexity index is 147. The molecule has 0 fully saturated rings. The highest BCUT2D eigenvalue weighted by atomic mass is 16.5. The van der Waals surface area contributed by atoms with Gasteiger partial charge in [0.25, 0.3) is 0 Å². The fraction of sp³-hybridized carbons (Fsp3) is 0.750. The zero-order valence-electron chi connectivity index (χ0n) is 7.50. The van der Waals surface area contributed by atoms with Gasteiger partial charge in [-0.05, 0) is 13.3 Å². The van der Waals surface area contributed by atoms with Gasteiger partial charge in [0.2, 0.25) is 6.41 Å². The largest absolute Gasteiger partial charge is 0.464 e. The van der Waals surface area contributed by atoms with Crippen molar-refractivity contribution in [2.24, 2.45) is 0 Å². The first kappa shape index (κ1) is 10.9. The fourth-order valence-corrected chi connectivity index (χ4v) is 0.612. The number of rotatable bonds is 6. The summed E-state index contributed by atoms with van der Waals surface area (Å²) in [4.78, 5) is 20.9. The average Bonchev–Trinajstić information content (AvgIpc) is 2.05. The molecule has 12 heavy (non-hydrogen) atoms. The van der Waals surface area contributed by atoms with Gasteiger partial charge in [-0.2, -0.15) is 0 Å². The number of hydrogen-bond acceptors (Lipinski definition) is 3. The average molecular weight is 173 g/mol. The number of hydrogen-bond donors (Lipinski definition) is 1. The summed E-state index contributed by atoms with van der Waals surface area (Å²) < 4.78 is 4.84. The summed E-state index contributed by atoms with van der Waals surface area (Å²) in [6.45, 7) is 4.03. The molecular formula is C8H15NO3. The van der Waals surface area contributed by atoms with Gasteiger partial charge in [0.15, 0.2) is 0 Å². The van der Waals surface area contributed by atoms with E-state index in [-0.39, 0.29) is 5.97 Å². The summed E-state index contributed by atoms with van der Waals surface area (Å²) in [5.74, 6) is -0.379. The molecule has 0 heterocycles. The maximum Gasteiger partial charge on any atom is 0.328 e. The van der Waals surface area contributed by atoms with Gasteiger partial charge in [-0.1, -0.05) is 13.3 Å². The summed E-state index contributed by atoms with van der Waals surface area (Å²) >= 11 is 0. The molecule has 0 aromatic rings. The van der Waals surface area contributed by atoms with E-state index in [2.05, 4.69) is 5.32 Å². The van der Waals surface area contributed by atoms with E-state index in [4.69, 9.17) is 4.74 Å². The molecule has 0 rings (SSSR count). The number of carbonyl (C=O) groups is 2. The number of ether oxygens (including phenoxy) is 1. The molecular weight excluding hydrogens is 158 g/mol. The van der Waals surface area contributed by atoms with Crippen molar-refractivity contribution in [3.8, 4) is 0 Å². The van der Waals surface area contributed by atoms with Crippen LogP contribution >= 0.6 is 0 Å². The van der Waals surface area contributed by atoms with Crippen LogP contribution in [0.3, 0.4) is 0 Å². The third-order valence-corrected chi connectivity index (χ3v) is 1.41. The minimum Gasteiger partial charge on any atom is -0.464 e. The predicted molar refractivity (Wildman–Crippen MR) is 44.5 cm³/mol. The molecule has 4 nitrogen and oxygen atoms in total. The van der Waals surface area contributed by atoms with Crippen LogP contribution in [-0.2, 0) is 14.3 Å². The standard InChI is InChI=1S/C8H15NO3/c1-3-4-5-12-8(11)7(2)9-6-10/h6-7H,3-5H2,1-2H3,(H,9,10). The summed E-state index contributed by atoms with van der Waals surface area (Å²) in [5, 5.41) is 2.32. The van der Waals surface area contributed by atoms with E-state index in [1.165, 1.54) is 0 Å². The molecule has 0 saturated heterocycles. The summed E-state index contributed by atoms with van der Waals surface area (Å²) in [5.41, 5.74) is 0. The third-order valence-electron chi connectivity index (χ3n) is 1.41. The highest BCUT2D eigenvalue weighted by molar-refractivity contribution is 5.77. The summed E-state index contributed by atoms with van der Waals surface area (Å²) in [7, 11) is 0. The first-order chi connectivity index (χ1) is 5.72. The van der Waals surface area contributed by atoms with E-state index in [1.54, 1.807) is 6.92 Å². The quantitative estimate of drug-likeness (QED) is 0.361. The molecule has 0 aromatic carbocycles. The van der Waals surface area contributed by atoms with Crippen LogP contribution in [0.1, 0.15) is 26.7 Å². The van der Waals surface area contributed by atoms with Crippen molar-refractivity contribution in [2.45, 2.75) is 32.7 Å². The number of nitrogens with one attached hydrogen (secondary N) is 1. The molecule has 0 aliphatic carbocycles. The first-order valence-corrected chi connectivity index (χ1v) is 4.08. The van der Waals surface area contributed by atoms with Crippen LogP contribution in [0, 0.1) is 0 Å². The van der Waals surface area contributed by atoms with Gasteiger partial charge in [0, 0.05) is 0 Å². The van der Waals surface area contributed by atoms with Crippen molar-refractivity contribution in [3.63, 3.8) is 0 Å². The lowest BCUT2D eigenvalue weighted by atomic mass is 10.3. The fourth-order valence-electron chi connectivity index (χ4n) is 0.612. The monoisotopic (exact) mass is 173 g/mol. The van der Waals surface area contributed by atoms with Crippen LogP contribution in [0.5, 0.6) is 0 Å². The minimum absolute atomic E-state index is 0.379. The van der Waals surface area contributed by atoms with Gasteiger partial charge in [-0.15, -0.1) is 0 Å². The lowest BCUT2D eigenvalue weighted by Gasteiger charge is -2.09. The second kappa shape index (κ2) is 6.64. The number of carbonyl (C=O) groups excluding carboxylic acids is 2. The van der Waals surface area contributed by atoms with Crippen LogP contribution < -0.4 is 5.32 Å². The van der Waals surface area contributed by atoms with Crippen molar-refractivity contribution in [3.05, 3.63) is 0 Å². The number of amides is 1. The van der Waals surface area contributed by atoms with Crippen molar-refractivity contribution in [1.82, 2.24) is 5.32 Å². The zero-order valence-corrected chi connectivity index (χ0v) is 7.50. The molecule has 0 aromatic heterocycles. The minimum atomic E-state index is -0.542. The van der Waals surface area contributed by atoms with Crippen molar-refractivity contribution >= 4 is 12.4 Å². The van der Waals surface area contributed by atoms with Gasteiger partial charge < -0.3 is 10.1 Å². The molecule has 0 aliphatic heterocycles. The Balaban J connectivity index is 3.49. The smallest absolute Gasteiger partial charge is 0.328 e. The highest BCUT2D eigenvalue weighted by Crippen LogP contribution is 1.91. The third kappa shape index (κ3) is 4.71. The van der Waals surface area contributed by atoms with Crippen LogP contribution in [0.15, 0.2) is 0 Å². The Morgan fingerprint density at radius 3 is 2.83 bits per heavy atom. The van der Waals surface area contributed by atoms with Crippen molar-refractivity contribution in [1.29, 1.82) is 0 Å². The first-order valence-electron chi connectivity index (χ1n) is 4.08. The second-order valence-electron chi connectivity index (χ2n) is 2.53. The molecule has 70 valence electrons. The van der Waals surface area contributed by atoms with Crippen LogP contribution in [-0.4, -0.2) is 25.0 Å². The van der Waals surface area contributed by atoms with Crippen LogP contribution in [0.4, 0.5) is 0 Å². The Labute approximate surface area is 72.3 Å². The molecule has 1 amide bonds. The summed E-state index contributed by atoms with van der Waals surface area (Å²) in [6.07, 6.45) is 2.34. The lowest BCUT2D eigenvalue weighted by molar-refractivity contribution is -0.146. The second-order valence-corrected chi connectivity index (χ2v) is 2.53. The van der Waals surface area contributed by atoms with Gasteiger partial charge in [0.1, 0.15) is 6.04 Å². The van der Waals surface area contributed by atoms with Crippen molar-refractivity contribution < 1.29 is 14.3 Å². The van der Waals surface area contributed by atoms with Gasteiger partial charge >= 0.3 is 5.97 Å². The Hall–Kier alpha value is -1.06. The van der Waals surface area contributed by atoms with Gasteiger partial charge in [0.05, 0.1) is 6.61 Å². The van der Waals surface area contributed by atoms with E-state index >= 15 is 0 Å². The highest BCUT2D eigenvalue weighted by Gasteiger charge is 2.11. The summed E-state index contributed by atoms with van der Waals surface area (Å²) in [6, 6.07) is -0.542. The van der Waals surface area contributed by atoms with Gasteiger partial charge in [-0.3, -0.25) is 4.79 Å². The molecule has 0 bridgehead atoms. The number of unbranched alkanes of at least 4 members (excludes halogenated alkanes) is 1. The predicted octanol–water partition coefficient (Wildman–Crippen LogP) is 0.464. The molecule has 1 unspecified atom stereocenters. The van der Waals surface area contributed by atoms with Crippen molar-refractivity contribution in [2.75, 3.05) is 6.61 Å². The Morgan fingerprint density at radius 1 is 1.67 bits per heavy atom. The topological polar surface area (TPSA) is 55.4 Å². The maximum absolute atomic E-state index is 11.0. The normalized spacial score (nSPS) is 11.8. The van der Waals surface area contributed by atoms with Gasteiger partial charge in [-0.25, -0.2) is 4.79 Å². The maximum atomic E-state index is 11.0. The van der Waals surface area contributed by atoms with Crippen LogP contribution in [0.2, 0.25) is 0 Å². The van der Waals surface area contributed by atoms with E-state index in [1.807, 2.05) is 6.92 Å². The molecule has 0 aliphatic rings. The van der Waals surface area contributed by atoms with Crippen LogP contribution in [0.25, 0.3) is 0 Å². The van der Waals surface area contributed by atoms with E-state index < -0.39 is 6.04 Å². The Morgan fingerprint density at radius 2 is 2.33 bits per heavy atom. The van der Waals surface area contributed by atoms with E-state index in [0.717, 1.165) is 12.8 Å². The molecule has 0 spiro atoms. The van der Waals surface area contributed by atoms with E-state index in [9.17, 15) is 9.59 Å². The molecule has 0 saturated carbocycles. The van der Waals surface area contributed by atoms with E-state index in [0.29, 0.717) is 13.0 Å². The lowest BCUT2D eigenvalue weighted by Crippen LogP contribution is -2.34.